The standard InChI is InChI=1S/C8H14ClN3O2/c1-6(13)4-12-8(3-10-11-12)7(9)5-14-2/h3,6-7,13H,4-5H2,1-2H3. The second-order valence-corrected chi connectivity index (χ2v) is 3.64. The summed E-state index contributed by atoms with van der Waals surface area (Å²) in [5.41, 5.74) is 0.759. The van der Waals surface area contributed by atoms with E-state index in [-0.39, 0.29) is 5.38 Å². The fourth-order valence-corrected chi connectivity index (χ4v) is 1.43. The topological polar surface area (TPSA) is 60.2 Å². The summed E-state index contributed by atoms with van der Waals surface area (Å²) in [6.45, 7) is 2.47. The predicted octanol–water partition coefficient (Wildman–Crippen LogP) is 0.585. The molecule has 14 heavy (non-hydrogen) atoms. The maximum absolute atomic E-state index is 9.20. The molecule has 2 atom stereocenters. The zero-order valence-electron chi connectivity index (χ0n) is 8.22. The largest absolute Gasteiger partial charge is 0.391 e. The minimum atomic E-state index is -0.470. The van der Waals surface area contributed by atoms with E-state index in [1.807, 2.05) is 0 Å². The van der Waals surface area contributed by atoms with Crippen molar-refractivity contribution in [1.82, 2.24) is 15.0 Å². The van der Waals surface area contributed by atoms with Gasteiger partial charge in [-0.2, -0.15) is 0 Å². The molecule has 0 aromatic carbocycles. The van der Waals surface area contributed by atoms with E-state index >= 15 is 0 Å². The quantitative estimate of drug-likeness (QED) is 0.737. The Morgan fingerprint density at radius 2 is 2.43 bits per heavy atom. The average Bonchev–Trinajstić information content (AvgIpc) is 2.51. The van der Waals surface area contributed by atoms with Crippen LogP contribution in [0.15, 0.2) is 6.20 Å². The Morgan fingerprint density at radius 3 is 3.00 bits per heavy atom. The first kappa shape index (κ1) is 11.4. The van der Waals surface area contributed by atoms with Crippen molar-refractivity contribution in [2.24, 2.45) is 0 Å². The molecule has 1 rings (SSSR count). The molecule has 0 bridgehead atoms. The van der Waals surface area contributed by atoms with Crippen molar-refractivity contribution in [2.45, 2.75) is 24.9 Å². The van der Waals surface area contributed by atoms with E-state index in [9.17, 15) is 5.11 Å². The number of aliphatic hydroxyl groups is 1. The maximum atomic E-state index is 9.20. The molecule has 0 radical (unpaired) electrons. The maximum Gasteiger partial charge on any atom is 0.100 e. The van der Waals surface area contributed by atoms with Gasteiger partial charge in [0.05, 0.1) is 31.1 Å². The molecule has 0 aliphatic carbocycles. The Balaban J connectivity index is 2.70. The number of hydrogen-bond acceptors (Lipinski definition) is 4. The van der Waals surface area contributed by atoms with E-state index in [0.29, 0.717) is 13.2 Å². The lowest BCUT2D eigenvalue weighted by atomic mass is 10.3. The van der Waals surface area contributed by atoms with Gasteiger partial charge in [0.15, 0.2) is 0 Å². The summed E-state index contributed by atoms with van der Waals surface area (Å²) in [5.74, 6) is 0. The van der Waals surface area contributed by atoms with Crippen molar-refractivity contribution in [2.75, 3.05) is 13.7 Å². The van der Waals surface area contributed by atoms with Crippen LogP contribution in [0.3, 0.4) is 0 Å². The molecular formula is C8H14ClN3O2. The molecule has 6 heteroatoms. The van der Waals surface area contributed by atoms with Crippen LogP contribution in [0.2, 0.25) is 0 Å². The van der Waals surface area contributed by atoms with Gasteiger partial charge in [0.1, 0.15) is 5.38 Å². The third-order valence-electron chi connectivity index (χ3n) is 1.72. The Morgan fingerprint density at radius 1 is 1.71 bits per heavy atom. The third-order valence-corrected chi connectivity index (χ3v) is 2.07. The van der Waals surface area contributed by atoms with Crippen molar-refractivity contribution in [3.8, 4) is 0 Å². The first-order chi connectivity index (χ1) is 6.65. The Kier molecular flexibility index (Phi) is 4.31. The SMILES string of the molecule is COCC(Cl)c1cnnn1CC(C)O. The molecule has 0 spiro atoms. The number of alkyl halides is 1. The van der Waals surface area contributed by atoms with Crippen LogP contribution < -0.4 is 0 Å². The summed E-state index contributed by atoms with van der Waals surface area (Å²) in [4.78, 5) is 0. The molecule has 2 unspecified atom stereocenters. The lowest BCUT2D eigenvalue weighted by Crippen LogP contribution is -2.17. The highest BCUT2D eigenvalue weighted by molar-refractivity contribution is 6.20. The van der Waals surface area contributed by atoms with E-state index in [4.69, 9.17) is 16.3 Å². The van der Waals surface area contributed by atoms with Gasteiger partial charge < -0.3 is 9.84 Å². The Labute approximate surface area is 87.6 Å². The van der Waals surface area contributed by atoms with Crippen LogP contribution in [0.5, 0.6) is 0 Å². The Bertz CT molecular complexity index is 277. The highest BCUT2D eigenvalue weighted by Crippen LogP contribution is 2.19. The molecule has 1 aromatic heterocycles. The number of aliphatic hydroxyl groups excluding tert-OH is 1. The lowest BCUT2D eigenvalue weighted by Gasteiger charge is -2.11. The van der Waals surface area contributed by atoms with Gasteiger partial charge in [0.2, 0.25) is 0 Å². The number of halogens is 1. The summed E-state index contributed by atoms with van der Waals surface area (Å²) in [5, 5.41) is 16.5. The van der Waals surface area contributed by atoms with Gasteiger partial charge in [0, 0.05) is 7.11 Å². The summed E-state index contributed by atoms with van der Waals surface area (Å²) < 4.78 is 6.51. The first-order valence-corrected chi connectivity index (χ1v) is 4.78. The molecule has 0 saturated heterocycles. The van der Waals surface area contributed by atoms with Crippen molar-refractivity contribution in [3.63, 3.8) is 0 Å². The zero-order valence-corrected chi connectivity index (χ0v) is 8.98. The number of rotatable bonds is 5. The number of hydrogen-bond donors (Lipinski definition) is 1. The summed E-state index contributed by atoms with van der Waals surface area (Å²) in [6.07, 6.45) is 1.11. The molecular weight excluding hydrogens is 206 g/mol. The van der Waals surface area contributed by atoms with E-state index in [2.05, 4.69) is 10.3 Å². The third kappa shape index (κ3) is 2.94. The van der Waals surface area contributed by atoms with Crippen molar-refractivity contribution < 1.29 is 9.84 Å². The summed E-state index contributed by atoms with van der Waals surface area (Å²) in [6, 6.07) is 0. The van der Waals surface area contributed by atoms with Crippen LogP contribution in [0.1, 0.15) is 18.0 Å². The molecule has 1 aromatic rings. The lowest BCUT2D eigenvalue weighted by molar-refractivity contribution is 0.162. The molecule has 0 saturated carbocycles. The van der Waals surface area contributed by atoms with Crippen LogP contribution in [-0.4, -0.2) is 39.9 Å². The van der Waals surface area contributed by atoms with E-state index in [0.717, 1.165) is 5.69 Å². The van der Waals surface area contributed by atoms with Crippen LogP contribution in [0, 0.1) is 0 Å². The fraction of sp³-hybridized carbons (Fsp3) is 0.750. The monoisotopic (exact) mass is 219 g/mol. The molecule has 0 fully saturated rings. The van der Waals surface area contributed by atoms with Gasteiger partial charge in [-0.1, -0.05) is 5.21 Å². The smallest absolute Gasteiger partial charge is 0.100 e. The van der Waals surface area contributed by atoms with Gasteiger partial charge in [-0.3, -0.25) is 0 Å². The van der Waals surface area contributed by atoms with Crippen molar-refractivity contribution in [3.05, 3.63) is 11.9 Å². The normalized spacial score (nSPS) is 15.4. The van der Waals surface area contributed by atoms with Gasteiger partial charge in [-0.05, 0) is 6.92 Å². The van der Waals surface area contributed by atoms with Crippen molar-refractivity contribution >= 4 is 11.6 Å². The van der Waals surface area contributed by atoms with Gasteiger partial charge >= 0.3 is 0 Å². The summed E-state index contributed by atoms with van der Waals surface area (Å²) >= 11 is 6.03. The van der Waals surface area contributed by atoms with Gasteiger partial charge in [0.25, 0.3) is 0 Å². The minimum absolute atomic E-state index is 0.284. The molecule has 0 aliphatic heterocycles. The average molecular weight is 220 g/mol. The highest BCUT2D eigenvalue weighted by atomic mass is 35.5. The molecule has 1 heterocycles. The van der Waals surface area contributed by atoms with Crippen LogP contribution in [-0.2, 0) is 11.3 Å². The fourth-order valence-electron chi connectivity index (χ4n) is 1.13. The molecule has 0 amide bonds. The Hall–Kier alpha value is -0.650. The van der Waals surface area contributed by atoms with Gasteiger partial charge in [-0.15, -0.1) is 16.7 Å². The van der Waals surface area contributed by atoms with Crippen LogP contribution in [0.4, 0.5) is 0 Å². The van der Waals surface area contributed by atoms with Crippen LogP contribution in [0.25, 0.3) is 0 Å². The van der Waals surface area contributed by atoms with Gasteiger partial charge in [-0.25, -0.2) is 4.68 Å². The predicted molar refractivity (Wildman–Crippen MR) is 52.2 cm³/mol. The highest BCUT2D eigenvalue weighted by Gasteiger charge is 2.14. The molecule has 0 aliphatic rings. The molecule has 5 nitrogen and oxygen atoms in total. The first-order valence-electron chi connectivity index (χ1n) is 4.34. The number of methoxy groups -OCH3 is 1. The number of nitrogens with zero attached hydrogens (tertiary/aromatic N) is 3. The van der Waals surface area contributed by atoms with E-state index < -0.39 is 6.10 Å². The second-order valence-electron chi connectivity index (χ2n) is 3.11. The minimum Gasteiger partial charge on any atom is -0.391 e. The molecule has 80 valence electrons. The molecule has 1 N–H and O–H groups in total. The van der Waals surface area contributed by atoms with E-state index in [1.54, 1.807) is 24.9 Å². The van der Waals surface area contributed by atoms with E-state index in [1.165, 1.54) is 0 Å². The van der Waals surface area contributed by atoms with Crippen molar-refractivity contribution in [1.29, 1.82) is 0 Å². The number of ether oxygens (including phenoxy) is 1. The summed E-state index contributed by atoms with van der Waals surface area (Å²) in [7, 11) is 1.58. The number of aromatic nitrogens is 3. The zero-order chi connectivity index (χ0) is 10.6. The second kappa shape index (κ2) is 5.29. The van der Waals surface area contributed by atoms with Crippen LogP contribution >= 0.6 is 11.6 Å².